The Morgan fingerprint density at radius 3 is 2.68 bits per heavy atom. The average Bonchev–Trinajstić information content (AvgIpc) is 2.48. The Hall–Kier alpha value is -2.22. The summed E-state index contributed by atoms with van der Waals surface area (Å²) in [5, 5.41) is 11.8. The highest BCUT2D eigenvalue weighted by Gasteiger charge is 2.35. The van der Waals surface area contributed by atoms with Crippen molar-refractivity contribution in [2.24, 2.45) is 0 Å². The van der Waals surface area contributed by atoms with Crippen LogP contribution in [0.2, 0.25) is 0 Å². The minimum absolute atomic E-state index is 0.00207. The number of rotatable bonds is 3. The van der Waals surface area contributed by atoms with Crippen LogP contribution in [0.4, 0.5) is 18.9 Å². The van der Waals surface area contributed by atoms with Gasteiger partial charge < -0.3 is 10.4 Å². The van der Waals surface area contributed by atoms with Crippen molar-refractivity contribution in [3.63, 3.8) is 0 Å². The molecule has 1 aromatic carbocycles. The van der Waals surface area contributed by atoms with E-state index in [1.54, 1.807) is 6.26 Å². The molecule has 0 radical (unpaired) electrons. The number of halogens is 3. The highest BCUT2D eigenvalue weighted by molar-refractivity contribution is 7.98. The molecule has 0 unspecified atom stereocenters. The minimum atomic E-state index is -4.67. The van der Waals surface area contributed by atoms with Crippen molar-refractivity contribution in [2.75, 3.05) is 11.6 Å². The number of aromatic nitrogens is 1. The van der Waals surface area contributed by atoms with Crippen molar-refractivity contribution < 1.29 is 23.1 Å². The third kappa shape index (κ3) is 3.51. The van der Waals surface area contributed by atoms with Gasteiger partial charge in [-0.15, -0.1) is 11.8 Å². The molecule has 0 aliphatic carbocycles. The SMILES string of the molecule is CSc1cc(O)ccc1NC(=O)c1ccncc1C(F)(F)F. The lowest BCUT2D eigenvalue weighted by atomic mass is 10.1. The Morgan fingerprint density at radius 2 is 2.05 bits per heavy atom. The molecule has 22 heavy (non-hydrogen) atoms. The van der Waals surface area contributed by atoms with Crippen LogP contribution in [-0.4, -0.2) is 22.3 Å². The maximum Gasteiger partial charge on any atom is 0.418 e. The molecule has 0 saturated heterocycles. The van der Waals surface area contributed by atoms with Crippen molar-refractivity contribution in [1.29, 1.82) is 0 Å². The number of aromatic hydroxyl groups is 1. The van der Waals surface area contributed by atoms with Crippen LogP contribution in [0.3, 0.4) is 0 Å². The summed E-state index contributed by atoms with van der Waals surface area (Å²) in [5.74, 6) is -0.891. The summed E-state index contributed by atoms with van der Waals surface area (Å²) < 4.78 is 38.7. The summed E-state index contributed by atoms with van der Waals surface area (Å²) in [7, 11) is 0. The Balaban J connectivity index is 2.35. The molecule has 2 rings (SSSR count). The van der Waals surface area contributed by atoms with Crippen LogP contribution < -0.4 is 5.32 Å². The number of carbonyl (C=O) groups is 1. The van der Waals surface area contributed by atoms with Gasteiger partial charge in [0.05, 0.1) is 16.8 Å². The lowest BCUT2D eigenvalue weighted by Gasteiger charge is -2.13. The van der Waals surface area contributed by atoms with Gasteiger partial charge in [0.1, 0.15) is 5.75 Å². The Labute approximate surface area is 128 Å². The number of hydrogen-bond acceptors (Lipinski definition) is 4. The maximum atomic E-state index is 12.9. The second-order valence-electron chi connectivity index (χ2n) is 4.26. The van der Waals surface area contributed by atoms with E-state index in [0.29, 0.717) is 16.8 Å². The molecule has 1 amide bonds. The highest BCUT2D eigenvalue weighted by atomic mass is 32.2. The van der Waals surface area contributed by atoms with Crippen molar-refractivity contribution >= 4 is 23.4 Å². The number of phenolic OH excluding ortho intramolecular Hbond substituents is 1. The monoisotopic (exact) mass is 328 g/mol. The summed E-state index contributed by atoms with van der Waals surface area (Å²) in [6.07, 6.45) is -1.21. The molecule has 0 atom stereocenters. The van der Waals surface area contributed by atoms with Crippen LogP contribution in [0.1, 0.15) is 15.9 Å². The number of carbonyl (C=O) groups excluding carboxylic acids is 1. The van der Waals surface area contributed by atoms with Gasteiger partial charge in [0, 0.05) is 17.3 Å². The summed E-state index contributed by atoms with van der Waals surface area (Å²) >= 11 is 1.25. The van der Waals surface area contributed by atoms with E-state index in [1.165, 1.54) is 30.0 Å². The molecule has 0 aliphatic rings. The summed E-state index contributed by atoms with van der Waals surface area (Å²) in [6.45, 7) is 0. The van der Waals surface area contributed by atoms with Gasteiger partial charge in [0.25, 0.3) is 5.91 Å². The first-order valence-electron chi connectivity index (χ1n) is 6.02. The first-order valence-corrected chi connectivity index (χ1v) is 7.25. The fourth-order valence-electron chi connectivity index (χ4n) is 1.79. The van der Waals surface area contributed by atoms with Crippen molar-refractivity contribution in [2.45, 2.75) is 11.1 Å². The topological polar surface area (TPSA) is 62.2 Å². The smallest absolute Gasteiger partial charge is 0.418 e. The number of benzene rings is 1. The fraction of sp³-hybridized carbons (Fsp3) is 0.143. The molecule has 0 aliphatic heterocycles. The van der Waals surface area contributed by atoms with Gasteiger partial charge in [0.15, 0.2) is 0 Å². The van der Waals surface area contributed by atoms with Gasteiger partial charge in [-0.25, -0.2) is 0 Å². The number of nitrogens with zero attached hydrogens (tertiary/aromatic N) is 1. The van der Waals surface area contributed by atoms with Crippen molar-refractivity contribution in [3.8, 4) is 5.75 Å². The van der Waals surface area contributed by atoms with Gasteiger partial charge in [-0.1, -0.05) is 0 Å². The predicted molar refractivity (Wildman–Crippen MR) is 77.1 cm³/mol. The van der Waals surface area contributed by atoms with E-state index in [4.69, 9.17) is 0 Å². The highest BCUT2D eigenvalue weighted by Crippen LogP contribution is 2.33. The molecule has 4 nitrogen and oxygen atoms in total. The van der Waals surface area contributed by atoms with Gasteiger partial charge in [-0.2, -0.15) is 13.2 Å². The molecular weight excluding hydrogens is 317 g/mol. The molecule has 0 spiro atoms. The summed E-state index contributed by atoms with van der Waals surface area (Å²) in [5.41, 5.74) is -1.29. The molecule has 0 fully saturated rings. The lowest BCUT2D eigenvalue weighted by Crippen LogP contribution is -2.19. The molecule has 2 N–H and O–H groups in total. The zero-order chi connectivity index (χ0) is 16.3. The predicted octanol–water partition coefficient (Wildman–Crippen LogP) is 3.78. The zero-order valence-electron chi connectivity index (χ0n) is 11.3. The number of hydrogen-bond donors (Lipinski definition) is 2. The molecule has 116 valence electrons. The van der Waals surface area contributed by atoms with Crippen molar-refractivity contribution in [1.82, 2.24) is 4.98 Å². The van der Waals surface area contributed by atoms with Gasteiger partial charge in [-0.05, 0) is 30.5 Å². The van der Waals surface area contributed by atoms with E-state index in [0.717, 1.165) is 12.3 Å². The normalized spacial score (nSPS) is 11.3. The Kier molecular flexibility index (Phi) is 4.60. The zero-order valence-corrected chi connectivity index (χ0v) is 12.1. The van der Waals surface area contributed by atoms with E-state index >= 15 is 0 Å². The number of phenols is 1. The molecule has 8 heteroatoms. The minimum Gasteiger partial charge on any atom is -0.508 e. The fourth-order valence-corrected chi connectivity index (χ4v) is 2.37. The molecule has 0 saturated carbocycles. The van der Waals surface area contributed by atoms with E-state index in [9.17, 15) is 23.1 Å². The number of anilines is 1. The van der Waals surface area contributed by atoms with Crippen LogP contribution in [0, 0.1) is 0 Å². The summed E-state index contributed by atoms with van der Waals surface area (Å²) in [4.78, 5) is 16.1. The van der Waals surface area contributed by atoms with E-state index in [-0.39, 0.29) is 5.75 Å². The van der Waals surface area contributed by atoms with Crippen LogP contribution in [0.15, 0.2) is 41.6 Å². The maximum absolute atomic E-state index is 12.9. The largest absolute Gasteiger partial charge is 0.508 e. The van der Waals surface area contributed by atoms with Crippen molar-refractivity contribution in [3.05, 3.63) is 47.8 Å². The Morgan fingerprint density at radius 1 is 1.32 bits per heavy atom. The molecule has 1 heterocycles. The van der Waals surface area contributed by atoms with E-state index < -0.39 is 23.2 Å². The van der Waals surface area contributed by atoms with Gasteiger partial charge in [0.2, 0.25) is 0 Å². The number of amides is 1. The molecule has 0 bridgehead atoms. The number of nitrogens with one attached hydrogen (secondary N) is 1. The number of alkyl halides is 3. The second kappa shape index (κ2) is 6.27. The standard InChI is InChI=1S/C14H11F3N2O2S/c1-22-12-6-8(20)2-3-11(12)19-13(21)9-4-5-18-7-10(9)14(15,16)17/h2-7,20H,1H3,(H,19,21). The van der Waals surface area contributed by atoms with Crippen LogP contribution in [-0.2, 0) is 6.18 Å². The van der Waals surface area contributed by atoms with Crippen LogP contribution in [0.25, 0.3) is 0 Å². The molecule has 2 aromatic rings. The summed E-state index contributed by atoms with van der Waals surface area (Å²) in [6, 6.07) is 5.19. The number of thioether (sulfide) groups is 1. The van der Waals surface area contributed by atoms with Gasteiger partial charge in [-0.3, -0.25) is 9.78 Å². The van der Waals surface area contributed by atoms with Gasteiger partial charge >= 0.3 is 6.18 Å². The van der Waals surface area contributed by atoms with Crippen LogP contribution in [0.5, 0.6) is 5.75 Å². The Bertz CT molecular complexity index is 705. The first-order chi connectivity index (χ1) is 10.3. The third-order valence-electron chi connectivity index (χ3n) is 2.80. The molecule has 1 aromatic heterocycles. The third-order valence-corrected chi connectivity index (χ3v) is 3.58. The molecular formula is C14H11F3N2O2S. The first kappa shape index (κ1) is 16.2. The lowest BCUT2D eigenvalue weighted by molar-refractivity contribution is -0.138. The second-order valence-corrected chi connectivity index (χ2v) is 5.11. The quantitative estimate of drug-likeness (QED) is 0.665. The van der Waals surface area contributed by atoms with Crippen LogP contribution >= 0.6 is 11.8 Å². The van der Waals surface area contributed by atoms with E-state index in [2.05, 4.69) is 10.3 Å². The van der Waals surface area contributed by atoms with E-state index in [1.807, 2.05) is 0 Å². The number of pyridine rings is 1. The average molecular weight is 328 g/mol.